The van der Waals surface area contributed by atoms with Gasteiger partial charge in [-0.05, 0) is 30.5 Å². The Hall–Kier alpha value is -1.02. The highest BCUT2D eigenvalue weighted by Crippen LogP contribution is 2.23. The van der Waals surface area contributed by atoms with Gasteiger partial charge in [-0.2, -0.15) is 0 Å². The average Bonchev–Trinajstić information content (AvgIpc) is 2.92. The molecule has 118 valence electrons. The predicted molar refractivity (Wildman–Crippen MR) is 77.6 cm³/mol. The molecule has 21 heavy (non-hydrogen) atoms. The second kappa shape index (κ2) is 6.83. The normalized spacial score (nSPS) is 22.6. The minimum Gasteiger partial charge on any atom is -0.378 e. The van der Waals surface area contributed by atoms with Gasteiger partial charge in [0.2, 0.25) is 10.0 Å². The van der Waals surface area contributed by atoms with Crippen LogP contribution in [0.15, 0.2) is 23.1 Å². The van der Waals surface area contributed by atoms with Gasteiger partial charge < -0.3 is 10.5 Å². The van der Waals surface area contributed by atoms with Gasteiger partial charge in [-0.25, -0.2) is 17.5 Å². The maximum Gasteiger partial charge on any atom is 0.243 e. The third kappa shape index (κ3) is 3.79. The standard InChI is InChI=1S/C14H21FN2O3S/c1-2-13-11(5-6-20-13)9-17-21(18,19)14-4-3-10(8-16)7-12(14)15/h3-4,7,11,13,17H,2,5-6,8-9,16H2,1H3. The van der Waals surface area contributed by atoms with E-state index in [4.69, 9.17) is 10.5 Å². The summed E-state index contributed by atoms with van der Waals surface area (Å²) in [5.41, 5.74) is 5.96. The maximum atomic E-state index is 13.9. The SMILES string of the molecule is CCC1OCCC1CNS(=O)(=O)c1ccc(CN)cc1F. The van der Waals surface area contributed by atoms with E-state index < -0.39 is 15.8 Å². The Morgan fingerprint density at radius 1 is 1.48 bits per heavy atom. The van der Waals surface area contributed by atoms with E-state index in [-0.39, 0.29) is 30.0 Å². The monoisotopic (exact) mass is 316 g/mol. The molecule has 0 bridgehead atoms. The number of sulfonamides is 1. The third-order valence-electron chi connectivity index (χ3n) is 3.81. The fourth-order valence-corrected chi connectivity index (χ4v) is 3.71. The second-order valence-corrected chi connectivity index (χ2v) is 6.92. The summed E-state index contributed by atoms with van der Waals surface area (Å²) in [5, 5.41) is 0. The van der Waals surface area contributed by atoms with Gasteiger partial charge in [0.05, 0.1) is 6.10 Å². The molecule has 5 nitrogen and oxygen atoms in total. The van der Waals surface area contributed by atoms with Crippen molar-refractivity contribution in [1.82, 2.24) is 4.72 Å². The molecule has 1 aliphatic rings. The first-order valence-corrected chi connectivity index (χ1v) is 8.56. The summed E-state index contributed by atoms with van der Waals surface area (Å²) in [5.74, 6) is -0.642. The van der Waals surface area contributed by atoms with Crippen LogP contribution in [0.1, 0.15) is 25.3 Å². The number of benzene rings is 1. The Morgan fingerprint density at radius 2 is 2.24 bits per heavy atom. The summed E-state index contributed by atoms with van der Waals surface area (Å²) in [4.78, 5) is -0.341. The Balaban J connectivity index is 2.08. The minimum atomic E-state index is -3.86. The molecule has 0 amide bonds. The lowest BCUT2D eigenvalue weighted by molar-refractivity contribution is 0.0884. The van der Waals surface area contributed by atoms with Gasteiger partial charge in [0.25, 0.3) is 0 Å². The highest BCUT2D eigenvalue weighted by molar-refractivity contribution is 7.89. The van der Waals surface area contributed by atoms with Crippen LogP contribution < -0.4 is 10.5 Å². The van der Waals surface area contributed by atoms with Crippen LogP contribution in [0.4, 0.5) is 4.39 Å². The van der Waals surface area contributed by atoms with E-state index in [1.807, 2.05) is 6.92 Å². The maximum absolute atomic E-state index is 13.9. The molecule has 3 N–H and O–H groups in total. The number of nitrogens with two attached hydrogens (primary N) is 1. The van der Waals surface area contributed by atoms with Gasteiger partial charge in [-0.15, -0.1) is 0 Å². The molecule has 1 aliphatic heterocycles. The topological polar surface area (TPSA) is 81.4 Å². The van der Waals surface area contributed by atoms with E-state index in [0.717, 1.165) is 18.9 Å². The van der Waals surface area contributed by atoms with Crippen molar-refractivity contribution in [2.75, 3.05) is 13.2 Å². The summed E-state index contributed by atoms with van der Waals surface area (Å²) < 4.78 is 46.2. The van der Waals surface area contributed by atoms with Crippen LogP contribution in [0.5, 0.6) is 0 Å². The van der Waals surface area contributed by atoms with Gasteiger partial charge in [-0.1, -0.05) is 13.0 Å². The smallest absolute Gasteiger partial charge is 0.243 e. The Kier molecular flexibility index (Phi) is 5.32. The molecule has 1 aromatic rings. The number of nitrogens with one attached hydrogen (secondary N) is 1. The van der Waals surface area contributed by atoms with Crippen LogP contribution in [-0.2, 0) is 21.3 Å². The molecule has 2 rings (SSSR count). The number of halogens is 1. The Bertz CT molecular complexity index is 592. The molecule has 1 fully saturated rings. The van der Waals surface area contributed by atoms with Crippen molar-refractivity contribution in [2.24, 2.45) is 11.7 Å². The molecule has 0 saturated carbocycles. The molecule has 2 atom stereocenters. The summed E-state index contributed by atoms with van der Waals surface area (Å²) in [6, 6.07) is 3.93. The first kappa shape index (κ1) is 16.4. The predicted octanol–water partition coefficient (Wildman–Crippen LogP) is 1.38. The largest absolute Gasteiger partial charge is 0.378 e. The van der Waals surface area contributed by atoms with Crippen molar-refractivity contribution in [3.05, 3.63) is 29.6 Å². The molecule has 2 unspecified atom stereocenters. The highest BCUT2D eigenvalue weighted by atomic mass is 32.2. The van der Waals surface area contributed by atoms with Crippen LogP contribution >= 0.6 is 0 Å². The van der Waals surface area contributed by atoms with Crippen molar-refractivity contribution in [3.63, 3.8) is 0 Å². The van der Waals surface area contributed by atoms with E-state index in [9.17, 15) is 12.8 Å². The number of ether oxygens (including phenoxy) is 1. The van der Waals surface area contributed by atoms with Crippen molar-refractivity contribution in [1.29, 1.82) is 0 Å². The lowest BCUT2D eigenvalue weighted by Gasteiger charge is -2.17. The molecule has 1 heterocycles. The first-order chi connectivity index (χ1) is 9.97. The van der Waals surface area contributed by atoms with Crippen molar-refractivity contribution in [2.45, 2.75) is 37.3 Å². The molecular formula is C14H21FN2O3S. The van der Waals surface area contributed by atoms with E-state index >= 15 is 0 Å². The van der Waals surface area contributed by atoms with Crippen LogP contribution in [0.25, 0.3) is 0 Å². The van der Waals surface area contributed by atoms with Crippen LogP contribution in [0.3, 0.4) is 0 Å². The lowest BCUT2D eigenvalue weighted by Crippen LogP contribution is -2.33. The fraction of sp³-hybridized carbons (Fsp3) is 0.571. The van der Waals surface area contributed by atoms with Gasteiger partial charge in [0.15, 0.2) is 0 Å². The molecule has 1 saturated heterocycles. The van der Waals surface area contributed by atoms with Crippen molar-refractivity contribution < 1.29 is 17.5 Å². The quantitative estimate of drug-likeness (QED) is 0.831. The Morgan fingerprint density at radius 3 is 2.86 bits per heavy atom. The van der Waals surface area contributed by atoms with Gasteiger partial charge in [-0.3, -0.25) is 0 Å². The third-order valence-corrected chi connectivity index (χ3v) is 5.26. The van der Waals surface area contributed by atoms with E-state index in [1.54, 1.807) is 0 Å². The second-order valence-electron chi connectivity index (χ2n) is 5.19. The van der Waals surface area contributed by atoms with Gasteiger partial charge >= 0.3 is 0 Å². The lowest BCUT2D eigenvalue weighted by atomic mass is 10.0. The van der Waals surface area contributed by atoms with Crippen LogP contribution in [0.2, 0.25) is 0 Å². The van der Waals surface area contributed by atoms with Crippen molar-refractivity contribution >= 4 is 10.0 Å². The van der Waals surface area contributed by atoms with E-state index in [1.165, 1.54) is 12.1 Å². The highest BCUT2D eigenvalue weighted by Gasteiger charge is 2.28. The van der Waals surface area contributed by atoms with E-state index in [0.29, 0.717) is 12.2 Å². The zero-order valence-corrected chi connectivity index (χ0v) is 12.8. The minimum absolute atomic E-state index is 0.0668. The molecule has 0 aliphatic carbocycles. The molecule has 0 spiro atoms. The van der Waals surface area contributed by atoms with E-state index in [2.05, 4.69) is 4.72 Å². The van der Waals surface area contributed by atoms with Crippen LogP contribution in [0, 0.1) is 11.7 Å². The summed E-state index contributed by atoms with van der Waals surface area (Å²) in [6.45, 7) is 3.08. The first-order valence-electron chi connectivity index (χ1n) is 7.07. The molecule has 1 aromatic carbocycles. The van der Waals surface area contributed by atoms with Crippen LogP contribution in [-0.4, -0.2) is 27.7 Å². The zero-order valence-electron chi connectivity index (χ0n) is 12.0. The summed E-state index contributed by atoms with van der Waals surface area (Å²) in [7, 11) is -3.86. The number of hydrogen-bond donors (Lipinski definition) is 2. The Labute approximate surface area is 124 Å². The van der Waals surface area contributed by atoms with Crippen molar-refractivity contribution in [3.8, 4) is 0 Å². The fourth-order valence-electron chi connectivity index (χ4n) is 2.56. The molecular weight excluding hydrogens is 295 g/mol. The summed E-state index contributed by atoms with van der Waals surface area (Å²) >= 11 is 0. The molecule has 0 radical (unpaired) electrons. The molecule has 7 heteroatoms. The average molecular weight is 316 g/mol. The summed E-state index contributed by atoms with van der Waals surface area (Å²) in [6.07, 6.45) is 1.72. The zero-order chi connectivity index (χ0) is 15.5. The molecule has 0 aromatic heterocycles. The number of hydrogen-bond acceptors (Lipinski definition) is 4. The number of rotatable bonds is 6. The van der Waals surface area contributed by atoms with Gasteiger partial charge in [0, 0.05) is 25.6 Å². The van der Waals surface area contributed by atoms with Gasteiger partial charge in [0.1, 0.15) is 10.7 Å².